The number of aromatic nitrogens is 2. The number of aliphatic hydroxyl groups is 1. The molecule has 2 N–H and O–H groups in total. The van der Waals surface area contributed by atoms with Gasteiger partial charge in [0.2, 0.25) is 0 Å². The summed E-state index contributed by atoms with van der Waals surface area (Å²) in [7, 11) is 0. The van der Waals surface area contributed by atoms with Crippen molar-refractivity contribution in [1.29, 1.82) is 0 Å². The third kappa shape index (κ3) is 3.62. The number of piperidine rings is 1. The van der Waals surface area contributed by atoms with Crippen molar-refractivity contribution in [3.63, 3.8) is 0 Å². The van der Waals surface area contributed by atoms with Crippen LogP contribution in [-0.4, -0.2) is 58.5 Å². The number of likely N-dealkylation sites (tertiary alicyclic amines) is 1. The van der Waals surface area contributed by atoms with Gasteiger partial charge in [0.05, 0.1) is 19.3 Å². The van der Waals surface area contributed by atoms with Gasteiger partial charge in [-0.3, -0.25) is 9.59 Å². The standard InChI is InChI=1S/C12H17N3O4/c16-7-8-19-9-3-5-15(6-4-9)12(18)10-1-2-11(17)14-13-10/h1-2,9,16H,3-8H2,(H,14,17). The maximum atomic E-state index is 12.1. The molecule has 1 aliphatic heterocycles. The molecule has 1 aromatic rings. The highest BCUT2D eigenvalue weighted by Gasteiger charge is 2.24. The maximum absolute atomic E-state index is 12.1. The van der Waals surface area contributed by atoms with Crippen LogP contribution in [0.3, 0.4) is 0 Å². The van der Waals surface area contributed by atoms with Crippen LogP contribution in [0.15, 0.2) is 16.9 Å². The van der Waals surface area contributed by atoms with E-state index in [1.54, 1.807) is 4.90 Å². The van der Waals surface area contributed by atoms with Crippen molar-refractivity contribution in [1.82, 2.24) is 15.1 Å². The van der Waals surface area contributed by atoms with E-state index in [4.69, 9.17) is 9.84 Å². The molecule has 0 unspecified atom stereocenters. The molecule has 1 saturated heterocycles. The molecule has 0 atom stereocenters. The second kappa shape index (κ2) is 6.44. The van der Waals surface area contributed by atoms with Crippen LogP contribution in [-0.2, 0) is 4.74 Å². The van der Waals surface area contributed by atoms with Crippen LogP contribution >= 0.6 is 0 Å². The molecule has 2 rings (SSSR count). The van der Waals surface area contributed by atoms with Crippen molar-refractivity contribution in [3.05, 3.63) is 28.2 Å². The van der Waals surface area contributed by atoms with Crippen molar-refractivity contribution in [2.24, 2.45) is 0 Å². The van der Waals surface area contributed by atoms with E-state index in [1.807, 2.05) is 0 Å². The molecule has 1 aliphatic rings. The fourth-order valence-corrected chi connectivity index (χ4v) is 2.07. The van der Waals surface area contributed by atoms with E-state index in [2.05, 4.69) is 10.2 Å². The number of amides is 1. The first-order valence-corrected chi connectivity index (χ1v) is 6.28. The molecule has 0 aromatic carbocycles. The van der Waals surface area contributed by atoms with Crippen LogP contribution in [0.2, 0.25) is 0 Å². The highest BCUT2D eigenvalue weighted by Crippen LogP contribution is 2.15. The molecule has 2 heterocycles. The predicted molar refractivity (Wildman–Crippen MR) is 66.8 cm³/mol. The average Bonchev–Trinajstić information content (AvgIpc) is 2.46. The van der Waals surface area contributed by atoms with Crippen molar-refractivity contribution in [2.45, 2.75) is 18.9 Å². The SMILES string of the molecule is O=C(c1ccc(=O)[nH]n1)N1CCC(OCCO)CC1. The minimum Gasteiger partial charge on any atom is -0.394 e. The first kappa shape index (κ1) is 13.7. The number of hydrogen-bond acceptors (Lipinski definition) is 5. The van der Waals surface area contributed by atoms with Crippen molar-refractivity contribution in [2.75, 3.05) is 26.3 Å². The molecule has 0 saturated carbocycles. The molecule has 0 bridgehead atoms. The quantitative estimate of drug-likeness (QED) is 0.758. The van der Waals surface area contributed by atoms with Gasteiger partial charge in [-0.05, 0) is 18.9 Å². The van der Waals surface area contributed by atoms with E-state index < -0.39 is 0 Å². The van der Waals surface area contributed by atoms with E-state index in [0.29, 0.717) is 19.7 Å². The zero-order valence-corrected chi connectivity index (χ0v) is 10.5. The predicted octanol–water partition coefficient (Wildman–Crippen LogP) is -0.617. The van der Waals surface area contributed by atoms with Gasteiger partial charge in [0, 0.05) is 19.2 Å². The van der Waals surface area contributed by atoms with Crippen LogP contribution in [0.4, 0.5) is 0 Å². The molecule has 7 heteroatoms. The molecule has 0 radical (unpaired) electrons. The molecular formula is C12H17N3O4. The Kier molecular flexibility index (Phi) is 4.64. The maximum Gasteiger partial charge on any atom is 0.274 e. The number of hydrogen-bond donors (Lipinski definition) is 2. The third-order valence-electron chi connectivity index (χ3n) is 3.07. The Hall–Kier alpha value is -1.73. The van der Waals surface area contributed by atoms with Gasteiger partial charge in [-0.15, -0.1) is 0 Å². The number of carbonyl (C=O) groups excluding carboxylic acids is 1. The van der Waals surface area contributed by atoms with Crippen molar-refractivity contribution < 1.29 is 14.6 Å². The lowest BCUT2D eigenvalue weighted by atomic mass is 10.1. The Morgan fingerprint density at radius 1 is 1.47 bits per heavy atom. The molecule has 1 amide bonds. The third-order valence-corrected chi connectivity index (χ3v) is 3.07. The summed E-state index contributed by atoms with van der Waals surface area (Å²) in [5.41, 5.74) is -0.0815. The van der Waals surface area contributed by atoms with E-state index in [9.17, 15) is 9.59 Å². The number of aliphatic hydroxyl groups excluding tert-OH is 1. The Morgan fingerprint density at radius 2 is 2.21 bits per heavy atom. The summed E-state index contributed by atoms with van der Waals surface area (Å²) < 4.78 is 5.43. The molecule has 7 nitrogen and oxygen atoms in total. The van der Waals surface area contributed by atoms with Crippen LogP contribution in [0.25, 0.3) is 0 Å². The fourth-order valence-electron chi connectivity index (χ4n) is 2.07. The minimum absolute atomic E-state index is 0.0143. The largest absolute Gasteiger partial charge is 0.394 e. The number of aromatic amines is 1. The van der Waals surface area contributed by atoms with E-state index >= 15 is 0 Å². The van der Waals surface area contributed by atoms with Crippen LogP contribution in [0, 0.1) is 0 Å². The molecule has 1 fully saturated rings. The van der Waals surface area contributed by atoms with E-state index in [1.165, 1.54) is 12.1 Å². The molecule has 104 valence electrons. The fraction of sp³-hybridized carbons (Fsp3) is 0.583. The molecule has 0 spiro atoms. The normalized spacial score (nSPS) is 16.6. The smallest absolute Gasteiger partial charge is 0.274 e. The Bertz CT molecular complexity index is 460. The summed E-state index contributed by atoms with van der Waals surface area (Å²) in [6.07, 6.45) is 1.59. The average molecular weight is 267 g/mol. The van der Waals surface area contributed by atoms with Gasteiger partial charge >= 0.3 is 0 Å². The number of nitrogens with zero attached hydrogens (tertiary/aromatic N) is 2. The van der Waals surface area contributed by atoms with Crippen LogP contribution in [0.5, 0.6) is 0 Å². The van der Waals surface area contributed by atoms with Gasteiger partial charge in [0.15, 0.2) is 0 Å². The van der Waals surface area contributed by atoms with Crippen molar-refractivity contribution in [3.8, 4) is 0 Å². The van der Waals surface area contributed by atoms with Gasteiger partial charge in [0.25, 0.3) is 11.5 Å². The second-order valence-electron chi connectivity index (χ2n) is 4.39. The van der Waals surface area contributed by atoms with Gasteiger partial charge in [-0.25, -0.2) is 5.10 Å². The van der Waals surface area contributed by atoms with Crippen LogP contribution in [0.1, 0.15) is 23.3 Å². The molecule has 1 aromatic heterocycles. The zero-order valence-electron chi connectivity index (χ0n) is 10.5. The van der Waals surface area contributed by atoms with Crippen LogP contribution < -0.4 is 5.56 Å². The number of rotatable bonds is 4. The van der Waals surface area contributed by atoms with Gasteiger partial charge in [-0.2, -0.15) is 5.10 Å². The Balaban J connectivity index is 1.88. The number of carbonyl (C=O) groups is 1. The van der Waals surface area contributed by atoms with E-state index in [0.717, 1.165) is 12.8 Å². The van der Waals surface area contributed by atoms with E-state index in [-0.39, 0.29) is 29.9 Å². The lowest BCUT2D eigenvalue weighted by molar-refractivity contribution is -0.00566. The first-order chi connectivity index (χ1) is 9.20. The summed E-state index contributed by atoms with van der Waals surface area (Å²) in [4.78, 5) is 24.7. The molecule has 0 aliphatic carbocycles. The highest BCUT2D eigenvalue weighted by atomic mass is 16.5. The highest BCUT2D eigenvalue weighted by molar-refractivity contribution is 5.92. The summed E-state index contributed by atoms with van der Waals surface area (Å²) in [6, 6.07) is 2.72. The lowest BCUT2D eigenvalue weighted by Crippen LogP contribution is -2.41. The topological polar surface area (TPSA) is 95.5 Å². The molecular weight excluding hydrogens is 250 g/mol. The zero-order chi connectivity index (χ0) is 13.7. The Morgan fingerprint density at radius 3 is 2.79 bits per heavy atom. The van der Waals surface area contributed by atoms with Crippen molar-refractivity contribution >= 4 is 5.91 Å². The summed E-state index contributed by atoms with van der Waals surface area (Å²) in [5, 5.41) is 14.7. The number of nitrogens with one attached hydrogen (secondary N) is 1. The number of ether oxygens (including phenoxy) is 1. The summed E-state index contributed by atoms with van der Waals surface area (Å²) in [6.45, 7) is 1.53. The summed E-state index contributed by atoms with van der Waals surface area (Å²) in [5.74, 6) is -0.183. The van der Waals surface area contributed by atoms with Gasteiger partial charge in [0.1, 0.15) is 5.69 Å². The monoisotopic (exact) mass is 267 g/mol. The van der Waals surface area contributed by atoms with Gasteiger partial charge in [-0.1, -0.05) is 0 Å². The first-order valence-electron chi connectivity index (χ1n) is 6.28. The summed E-state index contributed by atoms with van der Waals surface area (Å²) >= 11 is 0. The number of H-pyrrole nitrogens is 1. The van der Waals surface area contributed by atoms with Gasteiger partial charge < -0.3 is 14.7 Å². The molecule has 19 heavy (non-hydrogen) atoms. The Labute approximate surface area is 110 Å². The second-order valence-corrected chi connectivity index (χ2v) is 4.39. The minimum atomic E-state index is -0.326. The lowest BCUT2D eigenvalue weighted by Gasteiger charge is -2.31.